The first-order valence-corrected chi connectivity index (χ1v) is 10.5. The zero-order chi connectivity index (χ0) is 20.3. The Labute approximate surface area is 162 Å². The Morgan fingerprint density at radius 1 is 1.32 bits per heavy atom. The van der Waals surface area contributed by atoms with Crippen LogP contribution in [0.4, 0.5) is 5.69 Å². The SMILES string of the molecule is Cc1ccc(CN(C(=O)COc2ccccc2[N+](=O)[O-])C2CCS(=O)(=O)C2)o1. The van der Waals surface area contributed by atoms with Gasteiger partial charge in [-0.1, -0.05) is 12.1 Å². The fourth-order valence-corrected chi connectivity index (χ4v) is 4.86. The summed E-state index contributed by atoms with van der Waals surface area (Å²) >= 11 is 0. The Morgan fingerprint density at radius 3 is 2.68 bits per heavy atom. The molecular weight excluding hydrogens is 388 g/mol. The van der Waals surface area contributed by atoms with Crippen molar-refractivity contribution in [3.05, 3.63) is 58.0 Å². The molecule has 0 spiro atoms. The molecule has 1 aromatic heterocycles. The highest BCUT2D eigenvalue weighted by Gasteiger charge is 2.35. The lowest BCUT2D eigenvalue weighted by atomic mass is 10.2. The Morgan fingerprint density at radius 2 is 2.07 bits per heavy atom. The van der Waals surface area contributed by atoms with Gasteiger partial charge in [0.2, 0.25) is 0 Å². The smallest absolute Gasteiger partial charge is 0.310 e. The van der Waals surface area contributed by atoms with E-state index in [1.54, 1.807) is 25.1 Å². The second kappa shape index (κ2) is 8.01. The number of ether oxygens (including phenoxy) is 1. The molecular formula is C18H20N2O7S. The second-order valence-corrected chi connectivity index (χ2v) is 8.83. The molecule has 10 heteroatoms. The molecule has 9 nitrogen and oxygen atoms in total. The summed E-state index contributed by atoms with van der Waals surface area (Å²) in [5, 5.41) is 11.1. The van der Waals surface area contributed by atoms with Crippen molar-refractivity contribution in [2.75, 3.05) is 18.1 Å². The number of nitro benzene ring substituents is 1. The van der Waals surface area contributed by atoms with E-state index in [2.05, 4.69) is 0 Å². The molecule has 1 atom stereocenters. The molecule has 0 saturated carbocycles. The van der Waals surface area contributed by atoms with Gasteiger partial charge in [0.15, 0.2) is 22.2 Å². The largest absolute Gasteiger partial charge is 0.477 e. The molecule has 1 amide bonds. The van der Waals surface area contributed by atoms with Gasteiger partial charge in [-0.05, 0) is 31.5 Å². The Balaban J connectivity index is 1.76. The lowest BCUT2D eigenvalue weighted by Crippen LogP contribution is -2.43. The summed E-state index contributed by atoms with van der Waals surface area (Å²) in [5.74, 6) is 0.620. The van der Waals surface area contributed by atoms with E-state index in [4.69, 9.17) is 9.15 Å². The Hall–Kier alpha value is -2.88. The number of amides is 1. The summed E-state index contributed by atoms with van der Waals surface area (Å²) in [6, 6.07) is 8.76. The summed E-state index contributed by atoms with van der Waals surface area (Å²) in [6.45, 7) is 1.43. The maximum absolute atomic E-state index is 12.8. The zero-order valence-corrected chi connectivity index (χ0v) is 16.1. The number of nitrogens with zero attached hydrogens (tertiary/aromatic N) is 2. The first-order chi connectivity index (χ1) is 13.2. The minimum absolute atomic E-state index is 0.0175. The molecule has 2 aromatic rings. The first-order valence-electron chi connectivity index (χ1n) is 8.66. The standard InChI is InChI=1S/C18H20N2O7S/c1-13-6-7-15(27-13)10-19(14-8-9-28(24,25)12-14)18(21)11-26-17-5-3-2-4-16(17)20(22)23/h2-7,14H,8-12H2,1H3. The van der Waals surface area contributed by atoms with Crippen molar-refractivity contribution in [2.24, 2.45) is 0 Å². The third kappa shape index (κ3) is 4.69. The van der Waals surface area contributed by atoms with E-state index < -0.39 is 33.3 Å². The van der Waals surface area contributed by atoms with Gasteiger partial charge in [-0.2, -0.15) is 0 Å². The van der Waals surface area contributed by atoms with Gasteiger partial charge in [-0.3, -0.25) is 14.9 Å². The molecule has 1 saturated heterocycles. The summed E-state index contributed by atoms with van der Waals surface area (Å²) in [7, 11) is -3.20. The number of carbonyl (C=O) groups is 1. The highest BCUT2D eigenvalue weighted by atomic mass is 32.2. The normalized spacial score (nSPS) is 18.0. The van der Waals surface area contributed by atoms with Gasteiger partial charge in [0.25, 0.3) is 5.91 Å². The van der Waals surface area contributed by atoms with E-state index in [0.29, 0.717) is 17.9 Å². The molecule has 3 rings (SSSR count). The van der Waals surface area contributed by atoms with Crippen LogP contribution in [0.5, 0.6) is 5.75 Å². The van der Waals surface area contributed by atoms with Crippen molar-refractivity contribution in [1.82, 2.24) is 4.90 Å². The summed E-state index contributed by atoms with van der Waals surface area (Å²) < 4.78 is 34.6. The van der Waals surface area contributed by atoms with Crippen molar-refractivity contribution >= 4 is 21.4 Å². The second-order valence-electron chi connectivity index (χ2n) is 6.60. The third-order valence-electron chi connectivity index (χ3n) is 4.50. The molecule has 0 aliphatic carbocycles. The number of sulfone groups is 1. The number of furan rings is 1. The van der Waals surface area contributed by atoms with Crippen LogP contribution in [0.3, 0.4) is 0 Å². The highest BCUT2D eigenvalue weighted by Crippen LogP contribution is 2.26. The van der Waals surface area contributed by atoms with Gasteiger partial charge in [0.1, 0.15) is 11.5 Å². The van der Waals surface area contributed by atoms with Gasteiger partial charge in [-0.15, -0.1) is 0 Å². The van der Waals surface area contributed by atoms with Crippen LogP contribution in [-0.2, 0) is 21.2 Å². The van der Waals surface area contributed by atoms with Gasteiger partial charge >= 0.3 is 5.69 Å². The van der Waals surface area contributed by atoms with E-state index >= 15 is 0 Å². The maximum Gasteiger partial charge on any atom is 0.310 e. The number of rotatable bonds is 7. The predicted molar refractivity (Wildman–Crippen MR) is 99.6 cm³/mol. The molecule has 0 N–H and O–H groups in total. The topological polar surface area (TPSA) is 120 Å². The van der Waals surface area contributed by atoms with Crippen molar-refractivity contribution in [1.29, 1.82) is 0 Å². The Bertz CT molecular complexity index is 983. The number of benzene rings is 1. The predicted octanol–water partition coefficient (Wildman–Crippen LogP) is 2.09. The molecule has 150 valence electrons. The fourth-order valence-electron chi connectivity index (χ4n) is 3.13. The van der Waals surface area contributed by atoms with E-state index in [9.17, 15) is 23.3 Å². The van der Waals surface area contributed by atoms with Crippen LogP contribution in [-0.4, -0.2) is 48.3 Å². The van der Waals surface area contributed by atoms with Crippen molar-refractivity contribution in [3.8, 4) is 5.75 Å². The Kier molecular flexibility index (Phi) is 5.68. The zero-order valence-electron chi connectivity index (χ0n) is 15.2. The number of nitro groups is 1. The summed E-state index contributed by atoms with van der Waals surface area (Å²) in [6.07, 6.45) is 0.333. The molecule has 2 heterocycles. The lowest BCUT2D eigenvalue weighted by Gasteiger charge is -2.27. The molecule has 28 heavy (non-hydrogen) atoms. The molecule has 1 aromatic carbocycles. The van der Waals surface area contributed by atoms with E-state index in [0.717, 1.165) is 0 Å². The van der Waals surface area contributed by atoms with Crippen LogP contribution in [0.1, 0.15) is 17.9 Å². The van der Waals surface area contributed by atoms with Crippen LogP contribution >= 0.6 is 0 Å². The van der Waals surface area contributed by atoms with Gasteiger partial charge in [-0.25, -0.2) is 8.42 Å². The molecule has 0 bridgehead atoms. The monoisotopic (exact) mass is 408 g/mol. The number of hydrogen-bond acceptors (Lipinski definition) is 7. The molecule has 1 unspecified atom stereocenters. The average molecular weight is 408 g/mol. The number of carbonyl (C=O) groups excluding carboxylic acids is 1. The van der Waals surface area contributed by atoms with Gasteiger partial charge < -0.3 is 14.1 Å². The quantitative estimate of drug-likeness (QED) is 0.508. The van der Waals surface area contributed by atoms with E-state index in [-0.39, 0.29) is 29.5 Å². The lowest BCUT2D eigenvalue weighted by molar-refractivity contribution is -0.385. The number of hydrogen-bond donors (Lipinski definition) is 0. The number of aryl methyl sites for hydroxylation is 1. The molecule has 0 radical (unpaired) electrons. The molecule has 1 aliphatic rings. The summed E-state index contributed by atoms with van der Waals surface area (Å²) in [5.41, 5.74) is -0.244. The van der Waals surface area contributed by atoms with Gasteiger partial charge in [0.05, 0.1) is 23.0 Å². The van der Waals surface area contributed by atoms with Crippen LogP contribution in [0.2, 0.25) is 0 Å². The molecule has 1 aliphatic heterocycles. The fraction of sp³-hybridized carbons (Fsp3) is 0.389. The minimum atomic E-state index is -3.20. The van der Waals surface area contributed by atoms with Crippen LogP contribution < -0.4 is 4.74 Å². The number of para-hydroxylation sites is 2. The highest BCUT2D eigenvalue weighted by molar-refractivity contribution is 7.91. The van der Waals surface area contributed by atoms with E-state index in [1.807, 2.05) is 0 Å². The van der Waals surface area contributed by atoms with Crippen LogP contribution in [0.15, 0.2) is 40.8 Å². The van der Waals surface area contributed by atoms with E-state index in [1.165, 1.54) is 23.1 Å². The summed E-state index contributed by atoms with van der Waals surface area (Å²) in [4.78, 5) is 24.7. The average Bonchev–Trinajstić information content (AvgIpc) is 3.22. The van der Waals surface area contributed by atoms with Crippen LogP contribution in [0.25, 0.3) is 0 Å². The third-order valence-corrected chi connectivity index (χ3v) is 6.26. The first kappa shape index (κ1) is 19.9. The van der Waals surface area contributed by atoms with Crippen molar-refractivity contribution in [3.63, 3.8) is 0 Å². The van der Waals surface area contributed by atoms with Crippen molar-refractivity contribution < 1.29 is 27.3 Å². The van der Waals surface area contributed by atoms with Crippen molar-refractivity contribution in [2.45, 2.75) is 25.9 Å². The minimum Gasteiger partial charge on any atom is -0.477 e. The van der Waals surface area contributed by atoms with Gasteiger partial charge in [0, 0.05) is 12.1 Å². The maximum atomic E-state index is 12.8. The molecule has 1 fully saturated rings. The van der Waals surface area contributed by atoms with Crippen LogP contribution in [0, 0.1) is 17.0 Å².